The van der Waals surface area contributed by atoms with E-state index in [1.165, 1.54) is 0 Å². The van der Waals surface area contributed by atoms with Crippen LogP contribution in [-0.2, 0) is 0 Å². The molecule has 0 radical (unpaired) electrons. The zero-order valence-electron chi connectivity index (χ0n) is 3.81. The lowest BCUT2D eigenvalue weighted by Crippen LogP contribution is -2.55. The molecule has 0 aliphatic carbocycles. The molecule has 1 aliphatic rings. The molecule has 0 amide bonds. The average molecular weight is 87.1 g/mol. The van der Waals surface area contributed by atoms with Crippen molar-refractivity contribution in [3.8, 4) is 0 Å². The van der Waals surface area contributed by atoms with Gasteiger partial charge in [-0.3, -0.25) is 0 Å². The molecule has 0 aromatic rings. The molecule has 2 nitrogen and oxygen atoms in total. The van der Waals surface area contributed by atoms with Crippen molar-refractivity contribution >= 4 is 0 Å². The van der Waals surface area contributed by atoms with E-state index >= 15 is 0 Å². The van der Waals surface area contributed by atoms with Gasteiger partial charge in [0.2, 0.25) is 0 Å². The minimum atomic E-state index is -0.0787. The molecule has 2 heteroatoms. The normalized spacial score (nSPS) is 45.0. The Morgan fingerprint density at radius 2 is 2.33 bits per heavy atom. The number of rotatable bonds is 0. The molecule has 1 unspecified atom stereocenters. The maximum Gasteiger partial charge on any atom is 0.0814 e. The molecule has 1 aliphatic heterocycles. The van der Waals surface area contributed by atoms with Gasteiger partial charge in [0.25, 0.3) is 0 Å². The zero-order chi connectivity index (χ0) is 4.57. The summed E-state index contributed by atoms with van der Waals surface area (Å²) in [5.74, 6) is 0. The lowest BCUT2D eigenvalue weighted by Gasteiger charge is -2.30. The summed E-state index contributed by atoms with van der Waals surface area (Å²) < 4.78 is 0. The minimum Gasteiger partial charge on any atom is -0.390 e. The summed E-state index contributed by atoms with van der Waals surface area (Å²) >= 11 is 0. The number of β-amino-alcohol motifs (C(OH)–C–C–N with tert-alkyl or cyclic N) is 1. The Balaban J connectivity index is 2.20. The quantitative estimate of drug-likeness (QED) is 0.411. The first kappa shape index (κ1) is 4.09. The van der Waals surface area contributed by atoms with Gasteiger partial charge in [-0.05, 0) is 6.92 Å². The molecule has 0 aromatic heterocycles. The first-order valence-electron chi connectivity index (χ1n) is 2.22. The maximum atomic E-state index is 8.65. The molecule has 0 bridgehead atoms. The van der Waals surface area contributed by atoms with Crippen LogP contribution in [0.5, 0.6) is 0 Å². The highest BCUT2D eigenvalue weighted by atomic mass is 16.3. The summed E-state index contributed by atoms with van der Waals surface area (Å²) in [5.41, 5.74) is 0. The molecule has 2 N–H and O–H groups in total. The molecular formula is C4H9NO. The van der Waals surface area contributed by atoms with Crippen molar-refractivity contribution in [3.05, 3.63) is 0 Å². The van der Waals surface area contributed by atoms with Gasteiger partial charge in [-0.1, -0.05) is 0 Å². The van der Waals surface area contributed by atoms with Crippen molar-refractivity contribution < 1.29 is 5.11 Å². The molecule has 1 fully saturated rings. The van der Waals surface area contributed by atoms with E-state index in [4.69, 9.17) is 5.11 Å². The Labute approximate surface area is 37.2 Å². The lowest BCUT2D eigenvalue weighted by atomic mass is 10.1. The van der Waals surface area contributed by atoms with Gasteiger partial charge in [0.15, 0.2) is 0 Å². The third-order valence-electron chi connectivity index (χ3n) is 1.23. The van der Waals surface area contributed by atoms with E-state index in [9.17, 15) is 0 Å². The van der Waals surface area contributed by atoms with Crippen LogP contribution in [0, 0.1) is 0 Å². The van der Waals surface area contributed by atoms with Crippen molar-refractivity contribution in [2.75, 3.05) is 6.54 Å². The van der Waals surface area contributed by atoms with Gasteiger partial charge < -0.3 is 10.4 Å². The molecule has 0 saturated carbocycles. The van der Waals surface area contributed by atoms with Crippen molar-refractivity contribution in [2.24, 2.45) is 0 Å². The van der Waals surface area contributed by atoms with E-state index in [0.717, 1.165) is 6.54 Å². The predicted molar refractivity (Wildman–Crippen MR) is 23.5 cm³/mol. The van der Waals surface area contributed by atoms with E-state index in [1.54, 1.807) is 0 Å². The summed E-state index contributed by atoms with van der Waals surface area (Å²) in [6.45, 7) is 2.75. The van der Waals surface area contributed by atoms with Crippen LogP contribution in [0.1, 0.15) is 6.92 Å². The fraction of sp³-hybridized carbons (Fsp3) is 1.00. The first-order valence-corrected chi connectivity index (χ1v) is 2.22. The number of aliphatic hydroxyl groups is 1. The molecule has 36 valence electrons. The van der Waals surface area contributed by atoms with Crippen LogP contribution < -0.4 is 5.32 Å². The second-order valence-corrected chi connectivity index (χ2v) is 1.76. The monoisotopic (exact) mass is 87.1 g/mol. The lowest BCUT2D eigenvalue weighted by molar-refractivity contribution is 0.0704. The highest BCUT2D eigenvalue weighted by Crippen LogP contribution is 1.99. The molecule has 0 spiro atoms. The van der Waals surface area contributed by atoms with Gasteiger partial charge in [-0.25, -0.2) is 0 Å². The second-order valence-electron chi connectivity index (χ2n) is 1.76. The van der Waals surface area contributed by atoms with E-state index in [-0.39, 0.29) is 6.10 Å². The van der Waals surface area contributed by atoms with Crippen LogP contribution in [0.4, 0.5) is 0 Å². The average Bonchev–Trinajstić information content (AvgIpc) is 1.61. The van der Waals surface area contributed by atoms with Gasteiger partial charge in [-0.2, -0.15) is 0 Å². The third-order valence-corrected chi connectivity index (χ3v) is 1.23. The van der Waals surface area contributed by atoms with Gasteiger partial charge in [0.1, 0.15) is 0 Å². The fourth-order valence-electron chi connectivity index (χ4n) is 0.459. The highest BCUT2D eigenvalue weighted by molar-refractivity contribution is 4.82. The molecule has 1 saturated heterocycles. The van der Waals surface area contributed by atoms with Crippen LogP contribution in [0.15, 0.2) is 0 Å². The van der Waals surface area contributed by atoms with E-state index < -0.39 is 0 Å². The largest absolute Gasteiger partial charge is 0.390 e. The Hall–Kier alpha value is -0.0800. The van der Waals surface area contributed by atoms with Crippen molar-refractivity contribution in [2.45, 2.75) is 19.1 Å². The van der Waals surface area contributed by atoms with Crippen molar-refractivity contribution in [1.29, 1.82) is 0 Å². The predicted octanol–water partition coefficient (Wildman–Crippen LogP) is -0.661. The summed E-state index contributed by atoms with van der Waals surface area (Å²) in [4.78, 5) is 0. The van der Waals surface area contributed by atoms with E-state index in [1.807, 2.05) is 6.92 Å². The minimum absolute atomic E-state index is 0.0787. The fourth-order valence-corrected chi connectivity index (χ4v) is 0.459. The summed E-state index contributed by atoms with van der Waals surface area (Å²) in [5, 5.41) is 11.7. The number of aliphatic hydroxyl groups excluding tert-OH is 1. The summed E-state index contributed by atoms with van der Waals surface area (Å²) in [6.07, 6.45) is -0.0787. The Bertz CT molecular complexity index is 47.5. The molecule has 1 heterocycles. The third kappa shape index (κ3) is 0.420. The molecule has 1 rings (SSSR count). The summed E-state index contributed by atoms with van der Waals surface area (Å²) in [6, 6.07) is 0.338. The Morgan fingerprint density at radius 1 is 1.83 bits per heavy atom. The standard InChI is InChI=1S/C4H9NO/c1-3-4(6)2-5-3/h3-6H,2H2,1H3/t3?,4-/m0/s1. The van der Waals surface area contributed by atoms with Crippen LogP contribution >= 0.6 is 0 Å². The number of nitrogens with one attached hydrogen (secondary N) is 1. The number of hydrogen-bond donors (Lipinski definition) is 2. The SMILES string of the molecule is CC1NC[C@@H]1O. The molecular weight excluding hydrogens is 78.0 g/mol. The van der Waals surface area contributed by atoms with Crippen LogP contribution in [0.2, 0.25) is 0 Å². The number of hydrogen-bond acceptors (Lipinski definition) is 2. The van der Waals surface area contributed by atoms with E-state index in [2.05, 4.69) is 5.32 Å². The van der Waals surface area contributed by atoms with Crippen LogP contribution in [-0.4, -0.2) is 23.8 Å². The first-order chi connectivity index (χ1) is 2.80. The molecule has 6 heavy (non-hydrogen) atoms. The van der Waals surface area contributed by atoms with Crippen LogP contribution in [0.25, 0.3) is 0 Å². The Morgan fingerprint density at radius 3 is 2.33 bits per heavy atom. The summed E-state index contributed by atoms with van der Waals surface area (Å²) in [7, 11) is 0. The Kier molecular flexibility index (Phi) is 0.821. The second kappa shape index (κ2) is 1.21. The van der Waals surface area contributed by atoms with E-state index in [0.29, 0.717) is 6.04 Å². The maximum absolute atomic E-state index is 8.65. The van der Waals surface area contributed by atoms with Gasteiger partial charge in [0, 0.05) is 12.6 Å². The van der Waals surface area contributed by atoms with Gasteiger partial charge in [0.05, 0.1) is 6.10 Å². The topological polar surface area (TPSA) is 32.3 Å². The smallest absolute Gasteiger partial charge is 0.0814 e. The van der Waals surface area contributed by atoms with Gasteiger partial charge in [-0.15, -0.1) is 0 Å². The molecule has 2 atom stereocenters. The molecule has 0 aromatic carbocycles. The van der Waals surface area contributed by atoms with Gasteiger partial charge >= 0.3 is 0 Å². The van der Waals surface area contributed by atoms with Crippen molar-refractivity contribution in [1.82, 2.24) is 5.32 Å². The highest BCUT2D eigenvalue weighted by Gasteiger charge is 2.21. The zero-order valence-corrected chi connectivity index (χ0v) is 3.81. The van der Waals surface area contributed by atoms with Crippen LogP contribution in [0.3, 0.4) is 0 Å². The van der Waals surface area contributed by atoms with Crippen molar-refractivity contribution in [3.63, 3.8) is 0 Å².